The molecule has 0 bridgehead atoms. The molecule has 1 saturated heterocycles. The largest absolute Gasteiger partial charge is 0.486 e. The highest BCUT2D eigenvalue weighted by molar-refractivity contribution is 9.10. The summed E-state index contributed by atoms with van der Waals surface area (Å²) in [6.07, 6.45) is 1.55. The molecule has 1 aliphatic rings. The van der Waals surface area contributed by atoms with Crippen molar-refractivity contribution >= 4 is 62.5 Å². The molecule has 2 heterocycles. The molecular weight excluding hydrogens is 572 g/mol. The fourth-order valence-corrected chi connectivity index (χ4v) is 5.15. The smallest absolute Gasteiger partial charge is 0.373 e. The zero-order valence-electron chi connectivity index (χ0n) is 18.6. The first-order chi connectivity index (χ1) is 17.3. The molecule has 0 saturated carbocycles. The summed E-state index contributed by atoms with van der Waals surface area (Å²) in [4.78, 5) is 38.1. The number of amides is 2. The number of esters is 1. The van der Waals surface area contributed by atoms with Gasteiger partial charge in [0.25, 0.3) is 11.1 Å². The highest BCUT2D eigenvalue weighted by atomic mass is 79.9. The van der Waals surface area contributed by atoms with Crippen molar-refractivity contribution in [2.75, 3.05) is 7.11 Å². The summed E-state index contributed by atoms with van der Waals surface area (Å²) in [5.74, 6) is -0.521. The lowest BCUT2D eigenvalue weighted by atomic mass is 10.1. The third-order valence-electron chi connectivity index (χ3n) is 5.06. The van der Waals surface area contributed by atoms with Crippen molar-refractivity contribution in [3.63, 3.8) is 0 Å². The third kappa shape index (κ3) is 5.49. The van der Waals surface area contributed by atoms with Crippen LogP contribution in [0.25, 0.3) is 6.08 Å². The van der Waals surface area contributed by atoms with Gasteiger partial charge < -0.3 is 13.9 Å². The van der Waals surface area contributed by atoms with Crippen LogP contribution in [-0.4, -0.2) is 29.1 Å². The van der Waals surface area contributed by atoms with E-state index in [1.807, 2.05) is 6.07 Å². The minimum Gasteiger partial charge on any atom is -0.486 e. The lowest BCUT2D eigenvalue weighted by molar-refractivity contribution is -0.123. The van der Waals surface area contributed by atoms with Crippen molar-refractivity contribution in [1.82, 2.24) is 4.90 Å². The van der Waals surface area contributed by atoms with E-state index in [4.69, 9.17) is 20.8 Å². The van der Waals surface area contributed by atoms with Gasteiger partial charge in [-0.3, -0.25) is 14.5 Å². The van der Waals surface area contributed by atoms with Gasteiger partial charge in [0.05, 0.1) is 39.7 Å². The number of thioether (sulfide) groups is 1. The van der Waals surface area contributed by atoms with Crippen LogP contribution in [0, 0.1) is 11.3 Å². The minimum absolute atomic E-state index is 0.0204. The van der Waals surface area contributed by atoms with Crippen molar-refractivity contribution in [3.05, 3.63) is 91.1 Å². The number of benzene rings is 2. The first-order valence-electron chi connectivity index (χ1n) is 10.3. The summed E-state index contributed by atoms with van der Waals surface area (Å²) in [7, 11) is 1.23. The van der Waals surface area contributed by atoms with Crippen LogP contribution in [0.4, 0.5) is 4.79 Å². The lowest BCUT2D eigenvalue weighted by Gasteiger charge is -2.12. The zero-order chi connectivity index (χ0) is 25.8. The van der Waals surface area contributed by atoms with E-state index in [1.54, 1.807) is 36.4 Å². The fraction of sp³-hybridized carbons (Fsp3) is 0.120. The van der Waals surface area contributed by atoms with Crippen LogP contribution in [0.15, 0.2) is 62.3 Å². The van der Waals surface area contributed by atoms with E-state index in [-0.39, 0.29) is 34.6 Å². The average Bonchev–Trinajstić information content (AvgIpc) is 3.43. The number of carbonyl (C=O) groups excluding carboxylic acids is 3. The number of imide groups is 1. The predicted molar refractivity (Wildman–Crippen MR) is 136 cm³/mol. The molecule has 4 rings (SSSR count). The molecule has 1 aromatic heterocycles. The first kappa shape index (κ1) is 25.6. The maximum atomic E-state index is 12.9. The van der Waals surface area contributed by atoms with Gasteiger partial charge in [-0.25, -0.2) is 4.79 Å². The molecule has 11 heteroatoms. The predicted octanol–water partition coefficient (Wildman–Crippen LogP) is 6.17. The SMILES string of the molecule is COC(=O)c1ccc(CN2C(=O)S/C(=C/c3cc(Cl)c(OCc4ccccc4C#N)c(Br)c3)C2=O)o1. The third-order valence-corrected chi connectivity index (χ3v) is 6.84. The Kier molecular flexibility index (Phi) is 7.84. The number of furan rings is 1. The summed E-state index contributed by atoms with van der Waals surface area (Å²) in [5.41, 5.74) is 1.80. The fourth-order valence-electron chi connectivity index (χ4n) is 3.32. The molecule has 182 valence electrons. The molecule has 8 nitrogen and oxygen atoms in total. The maximum absolute atomic E-state index is 12.9. The molecule has 0 aliphatic carbocycles. The van der Waals surface area contributed by atoms with Crippen LogP contribution in [0.2, 0.25) is 5.02 Å². The molecule has 0 N–H and O–H groups in total. The van der Waals surface area contributed by atoms with Gasteiger partial charge in [0.15, 0.2) is 5.75 Å². The molecule has 0 atom stereocenters. The van der Waals surface area contributed by atoms with Crippen LogP contribution in [-0.2, 0) is 22.7 Å². The van der Waals surface area contributed by atoms with Crippen LogP contribution in [0.1, 0.15) is 33.0 Å². The van der Waals surface area contributed by atoms with E-state index in [9.17, 15) is 19.6 Å². The highest BCUT2D eigenvalue weighted by Crippen LogP contribution is 2.38. The van der Waals surface area contributed by atoms with E-state index in [0.717, 1.165) is 22.2 Å². The quantitative estimate of drug-likeness (QED) is 0.238. The van der Waals surface area contributed by atoms with Gasteiger partial charge in [0.2, 0.25) is 5.76 Å². The second kappa shape index (κ2) is 11.0. The molecule has 0 spiro atoms. The Balaban J connectivity index is 1.49. The van der Waals surface area contributed by atoms with E-state index in [1.165, 1.54) is 19.2 Å². The lowest BCUT2D eigenvalue weighted by Crippen LogP contribution is -2.27. The number of halogens is 2. The van der Waals surface area contributed by atoms with Gasteiger partial charge in [-0.2, -0.15) is 5.26 Å². The number of hydrogen-bond acceptors (Lipinski definition) is 8. The Hall–Kier alpha value is -3.52. The van der Waals surface area contributed by atoms with Gasteiger partial charge in [-0.15, -0.1) is 0 Å². The molecule has 3 aromatic rings. The average molecular weight is 588 g/mol. The molecule has 36 heavy (non-hydrogen) atoms. The maximum Gasteiger partial charge on any atom is 0.373 e. The van der Waals surface area contributed by atoms with Crippen LogP contribution < -0.4 is 4.74 Å². The molecule has 0 unspecified atom stereocenters. The molecule has 0 radical (unpaired) electrons. The summed E-state index contributed by atoms with van der Waals surface area (Å²) < 4.78 is 16.3. The zero-order valence-corrected chi connectivity index (χ0v) is 21.8. The van der Waals surface area contributed by atoms with Gasteiger partial charge in [0, 0.05) is 5.56 Å². The number of ether oxygens (including phenoxy) is 2. The van der Waals surface area contributed by atoms with Crippen molar-refractivity contribution in [1.29, 1.82) is 5.26 Å². The molecule has 2 aromatic carbocycles. The topological polar surface area (TPSA) is 110 Å². The van der Waals surface area contributed by atoms with Gasteiger partial charge in [-0.1, -0.05) is 29.8 Å². The molecule has 1 fully saturated rings. The number of hydrogen-bond donors (Lipinski definition) is 0. The highest BCUT2D eigenvalue weighted by Gasteiger charge is 2.36. The Morgan fingerprint density at radius 1 is 1.25 bits per heavy atom. The first-order valence-corrected chi connectivity index (χ1v) is 12.3. The Morgan fingerprint density at radius 2 is 2.03 bits per heavy atom. The van der Waals surface area contributed by atoms with E-state index in [2.05, 4.69) is 26.7 Å². The number of nitriles is 1. The van der Waals surface area contributed by atoms with E-state index in [0.29, 0.717) is 21.3 Å². The van der Waals surface area contributed by atoms with Crippen molar-refractivity contribution in [2.24, 2.45) is 0 Å². The van der Waals surface area contributed by atoms with E-state index < -0.39 is 17.1 Å². The second-order valence-corrected chi connectivity index (χ2v) is 9.65. The van der Waals surface area contributed by atoms with Crippen LogP contribution >= 0.6 is 39.3 Å². The van der Waals surface area contributed by atoms with Crippen molar-refractivity contribution < 1.29 is 28.3 Å². The number of rotatable bonds is 7. The van der Waals surface area contributed by atoms with E-state index >= 15 is 0 Å². The summed E-state index contributed by atoms with van der Waals surface area (Å²) >= 11 is 10.7. The minimum atomic E-state index is -0.653. The van der Waals surface area contributed by atoms with Gasteiger partial charge >= 0.3 is 5.97 Å². The summed E-state index contributed by atoms with van der Waals surface area (Å²) in [5, 5.41) is 9.06. The molecule has 2 amide bonds. The Bertz CT molecular complexity index is 1420. The molecular formula is C25H16BrClN2O6S. The van der Waals surface area contributed by atoms with Crippen molar-refractivity contribution in [2.45, 2.75) is 13.2 Å². The van der Waals surface area contributed by atoms with Gasteiger partial charge in [-0.05, 0) is 69.7 Å². The van der Waals surface area contributed by atoms with Gasteiger partial charge in [0.1, 0.15) is 12.4 Å². The normalized spacial score (nSPS) is 14.3. The summed E-state index contributed by atoms with van der Waals surface area (Å²) in [6.45, 7) is 0.0190. The van der Waals surface area contributed by atoms with Crippen LogP contribution in [0.3, 0.4) is 0 Å². The summed E-state index contributed by atoms with van der Waals surface area (Å²) in [6, 6.07) is 15.4. The standard InChI is InChI=1S/C25H16BrClN2O6S/c1-33-24(31)20-7-6-17(35-20)12-29-23(30)21(36-25(29)32)10-14-8-18(26)22(19(27)9-14)34-13-16-5-3-2-4-15(16)11-28/h2-10H,12-13H2,1H3/b21-10+. The second-order valence-electron chi connectivity index (χ2n) is 7.40. The number of methoxy groups -OCH3 is 1. The molecule has 1 aliphatic heterocycles. The Labute approximate surface area is 223 Å². The number of carbonyl (C=O) groups is 3. The van der Waals surface area contributed by atoms with Crippen molar-refractivity contribution in [3.8, 4) is 11.8 Å². The number of nitrogens with zero attached hydrogens (tertiary/aromatic N) is 2. The monoisotopic (exact) mass is 586 g/mol. The van der Waals surface area contributed by atoms with Crippen LogP contribution in [0.5, 0.6) is 5.75 Å². The Morgan fingerprint density at radius 3 is 2.75 bits per heavy atom.